The fourth-order valence-electron chi connectivity index (χ4n) is 2.26. The third-order valence-corrected chi connectivity index (χ3v) is 3.40. The van der Waals surface area contributed by atoms with Crippen LogP contribution in [0.15, 0.2) is 24.3 Å². The van der Waals surface area contributed by atoms with Gasteiger partial charge in [-0.05, 0) is 25.0 Å². The minimum atomic E-state index is -0.00539. The molecule has 0 heterocycles. The monoisotopic (exact) mass is 279 g/mol. The first-order chi connectivity index (χ1) is 9.76. The number of nitrogens with two attached hydrogens (primary N) is 1. The van der Waals surface area contributed by atoms with Crippen LogP contribution in [0.3, 0.4) is 0 Å². The van der Waals surface area contributed by atoms with Gasteiger partial charge >= 0.3 is 0 Å². The maximum Gasteiger partial charge on any atom is 0.161 e. The van der Waals surface area contributed by atoms with Gasteiger partial charge in [-0.15, -0.1) is 0 Å². The number of ether oxygens (including phenoxy) is 3. The molecule has 1 saturated carbocycles. The minimum Gasteiger partial charge on any atom is -0.490 e. The van der Waals surface area contributed by atoms with Gasteiger partial charge in [-0.3, -0.25) is 0 Å². The Morgan fingerprint density at radius 3 is 2.45 bits per heavy atom. The Labute approximate surface area is 121 Å². The maximum absolute atomic E-state index is 6.03. The Bertz CT molecular complexity index is 410. The molecular formula is C16H25NO3. The van der Waals surface area contributed by atoms with E-state index in [1.54, 1.807) is 0 Å². The van der Waals surface area contributed by atoms with Crippen molar-refractivity contribution in [3.63, 3.8) is 0 Å². The number of rotatable bonds is 8. The van der Waals surface area contributed by atoms with E-state index in [2.05, 4.69) is 13.8 Å². The van der Waals surface area contributed by atoms with Crippen LogP contribution in [0.1, 0.15) is 33.1 Å². The van der Waals surface area contributed by atoms with Crippen molar-refractivity contribution in [3.05, 3.63) is 24.3 Å². The van der Waals surface area contributed by atoms with Crippen LogP contribution in [0.5, 0.6) is 11.5 Å². The van der Waals surface area contributed by atoms with Gasteiger partial charge in [-0.2, -0.15) is 0 Å². The average Bonchev–Trinajstić information content (AvgIpc) is 2.46. The molecule has 0 aromatic heterocycles. The molecule has 2 N–H and O–H groups in total. The summed E-state index contributed by atoms with van der Waals surface area (Å²) in [6.07, 6.45) is 2.82. The van der Waals surface area contributed by atoms with Gasteiger partial charge in [0.1, 0.15) is 12.2 Å². The van der Waals surface area contributed by atoms with Crippen LogP contribution in [0.4, 0.5) is 0 Å². The van der Waals surface area contributed by atoms with Gasteiger partial charge in [0.25, 0.3) is 0 Å². The summed E-state index contributed by atoms with van der Waals surface area (Å²) >= 11 is 0. The lowest BCUT2D eigenvalue weighted by atomic mass is 9.86. The molecule has 4 heteroatoms. The summed E-state index contributed by atoms with van der Waals surface area (Å²) in [7, 11) is 0. The fourth-order valence-corrected chi connectivity index (χ4v) is 2.26. The highest BCUT2D eigenvalue weighted by Gasteiger charge is 2.41. The third-order valence-electron chi connectivity index (χ3n) is 3.40. The predicted octanol–water partition coefficient (Wildman–Crippen LogP) is 2.75. The number of hydrogen-bond acceptors (Lipinski definition) is 4. The minimum absolute atomic E-state index is 0.00539. The summed E-state index contributed by atoms with van der Waals surface area (Å²) < 4.78 is 17.5. The topological polar surface area (TPSA) is 53.7 Å². The first-order valence-electron chi connectivity index (χ1n) is 7.52. The first kappa shape index (κ1) is 15.1. The summed E-state index contributed by atoms with van der Waals surface area (Å²) in [5, 5.41) is 0. The zero-order chi connectivity index (χ0) is 14.4. The van der Waals surface area contributed by atoms with Crippen LogP contribution in [0.25, 0.3) is 0 Å². The van der Waals surface area contributed by atoms with E-state index in [0.717, 1.165) is 37.4 Å². The van der Waals surface area contributed by atoms with Crippen LogP contribution < -0.4 is 15.2 Å². The molecule has 1 aliphatic rings. The average molecular weight is 279 g/mol. The van der Waals surface area contributed by atoms with Crippen molar-refractivity contribution in [2.24, 2.45) is 5.73 Å². The smallest absolute Gasteiger partial charge is 0.161 e. The van der Waals surface area contributed by atoms with E-state index >= 15 is 0 Å². The van der Waals surface area contributed by atoms with Crippen molar-refractivity contribution >= 4 is 0 Å². The van der Waals surface area contributed by atoms with Crippen LogP contribution in [-0.2, 0) is 4.74 Å². The largest absolute Gasteiger partial charge is 0.490 e. The maximum atomic E-state index is 6.03. The Morgan fingerprint density at radius 1 is 1.10 bits per heavy atom. The lowest BCUT2D eigenvalue weighted by molar-refractivity contribution is -0.0985. The summed E-state index contributed by atoms with van der Waals surface area (Å²) in [5.74, 6) is 1.58. The van der Waals surface area contributed by atoms with E-state index in [0.29, 0.717) is 6.61 Å². The van der Waals surface area contributed by atoms with Gasteiger partial charge in [-0.1, -0.05) is 26.0 Å². The van der Waals surface area contributed by atoms with E-state index in [4.69, 9.17) is 19.9 Å². The second kappa shape index (κ2) is 7.50. The van der Waals surface area contributed by atoms with Gasteiger partial charge < -0.3 is 19.9 Å². The van der Waals surface area contributed by atoms with Gasteiger partial charge in [0.05, 0.1) is 6.61 Å². The lowest BCUT2D eigenvalue weighted by Gasteiger charge is -2.41. The second-order valence-corrected chi connectivity index (χ2v) is 5.19. The summed E-state index contributed by atoms with van der Waals surface area (Å²) in [6.45, 7) is 5.60. The summed E-state index contributed by atoms with van der Waals surface area (Å²) in [6, 6.07) is 7.86. The van der Waals surface area contributed by atoms with Crippen LogP contribution in [-0.4, -0.2) is 31.5 Å². The predicted molar refractivity (Wildman–Crippen MR) is 79.3 cm³/mol. The molecule has 1 aromatic rings. The molecular weight excluding hydrogens is 254 g/mol. The normalized spacial score (nSPS) is 25.1. The Balaban J connectivity index is 1.95. The highest BCUT2D eigenvalue weighted by Crippen LogP contribution is 2.33. The number of benzene rings is 1. The molecule has 112 valence electrons. The Morgan fingerprint density at radius 2 is 1.80 bits per heavy atom. The zero-order valence-electron chi connectivity index (χ0n) is 12.4. The molecule has 0 aliphatic heterocycles. The molecule has 0 saturated heterocycles. The Kier molecular flexibility index (Phi) is 5.68. The molecule has 0 spiro atoms. The molecule has 3 unspecified atom stereocenters. The molecule has 0 bridgehead atoms. The standard InChI is InChI=1S/C16H25NO3/c1-3-9-18-13-7-5-6-8-14(13)20-15-11-12(17)16(15)19-10-4-2/h5-8,12,15-16H,3-4,9-11,17H2,1-2H3. The zero-order valence-corrected chi connectivity index (χ0v) is 12.4. The van der Waals surface area contributed by atoms with Gasteiger partial charge in [0, 0.05) is 19.1 Å². The van der Waals surface area contributed by atoms with Gasteiger partial charge in [-0.25, -0.2) is 0 Å². The lowest BCUT2D eigenvalue weighted by Crippen LogP contribution is -2.59. The van der Waals surface area contributed by atoms with E-state index in [1.807, 2.05) is 24.3 Å². The van der Waals surface area contributed by atoms with E-state index in [9.17, 15) is 0 Å². The summed E-state index contributed by atoms with van der Waals surface area (Å²) in [4.78, 5) is 0. The number of hydrogen-bond donors (Lipinski definition) is 1. The molecule has 1 fully saturated rings. The van der Waals surface area contributed by atoms with Crippen molar-refractivity contribution in [2.75, 3.05) is 13.2 Å². The molecule has 0 amide bonds. The quantitative estimate of drug-likeness (QED) is 0.795. The molecule has 4 nitrogen and oxygen atoms in total. The second-order valence-electron chi connectivity index (χ2n) is 5.19. The highest BCUT2D eigenvalue weighted by atomic mass is 16.6. The van der Waals surface area contributed by atoms with Crippen molar-refractivity contribution < 1.29 is 14.2 Å². The number of para-hydroxylation sites is 2. The van der Waals surface area contributed by atoms with E-state index in [1.165, 1.54) is 0 Å². The van der Waals surface area contributed by atoms with Gasteiger partial charge in [0.2, 0.25) is 0 Å². The van der Waals surface area contributed by atoms with Crippen LogP contribution in [0, 0.1) is 0 Å². The van der Waals surface area contributed by atoms with Gasteiger partial charge in [0.15, 0.2) is 11.5 Å². The molecule has 1 aromatic carbocycles. The fraction of sp³-hybridized carbons (Fsp3) is 0.625. The van der Waals surface area contributed by atoms with Crippen molar-refractivity contribution in [3.8, 4) is 11.5 Å². The van der Waals surface area contributed by atoms with Crippen LogP contribution >= 0.6 is 0 Å². The molecule has 2 rings (SSSR count). The molecule has 3 atom stereocenters. The molecule has 1 aliphatic carbocycles. The van der Waals surface area contributed by atoms with Crippen molar-refractivity contribution in [2.45, 2.75) is 51.4 Å². The Hall–Kier alpha value is -1.26. The third kappa shape index (κ3) is 3.64. The SMILES string of the molecule is CCCOc1ccccc1OC1CC(N)C1OCCC. The van der Waals surface area contributed by atoms with E-state index < -0.39 is 0 Å². The highest BCUT2D eigenvalue weighted by molar-refractivity contribution is 5.39. The first-order valence-corrected chi connectivity index (χ1v) is 7.52. The molecule has 20 heavy (non-hydrogen) atoms. The van der Waals surface area contributed by atoms with Crippen LogP contribution in [0.2, 0.25) is 0 Å². The molecule has 0 radical (unpaired) electrons. The summed E-state index contributed by atoms with van der Waals surface area (Å²) in [5.41, 5.74) is 5.99. The van der Waals surface area contributed by atoms with E-state index in [-0.39, 0.29) is 18.2 Å². The van der Waals surface area contributed by atoms with Crippen molar-refractivity contribution in [1.29, 1.82) is 0 Å². The van der Waals surface area contributed by atoms with Crippen molar-refractivity contribution in [1.82, 2.24) is 0 Å².